The number of amides is 2. The molecule has 2 amide bonds. The Kier molecular flexibility index (Phi) is 3.15. The third-order valence-corrected chi connectivity index (χ3v) is 3.90. The summed E-state index contributed by atoms with van der Waals surface area (Å²) in [5, 5.41) is 2.84. The molecule has 1 heterocycles. The van der Waals surface area contributed by atoms with E-state index in [0.29, 0.717) is 12.3 Å². The molecule has 96 valence electrons. The summed E-state index contributed by atoms with van der Waals surface area (Å²) < 4.78 is 0. The van der Waals surface area contributed by atoms with E-state index in [1.807, 2.05) is 25.7 Å². The van der Waals surface area contributed by atoms with Crippen molar-refractivity contribution < 1.29 is 9.59 Å². The van der Waals surface area contributed by atoms with Crippen molar-refractivity contribution in [1.82, 2.24) is 10.2 Å². The summed E-state index contributed by atoms with van der Waals surface area (Å²) in [6.07, 6.45) is 1.71. The summed E-state index contributed by atoms with van der Waals surface area (Å²) >= 11 is 0. The Morgan fingerprint density at radius 1 is 1.41 bits per heavy atom. The van der Waals surface area contributed by atoms with E-state index in [-0.39, 0.29) is 35.9 Å². The van der Waals surface area contributed by atoms with E-state index in [2.05, 4.69) is 12.2 Å². The van der Waals surface area contributed by atoms with Crippen LogP contribution in [0.1, 0.15) is 40.5 Å². The fourth-order valence-corrected chi connectivity index (χ4v) is 2.72. The van der Waals surface area contributed by atoms with Gasteiger partial charge in [0.25, 0.3) is 0 Å². The van der Waals surface area contributed by atoms with Crippen LogP contribution in [0.15, 0.2) is 0 Å². The Morgan fingerprint density at radius 2 is 2.00 bits per heavy atom. The monoisotopic (exact) mass is 238 g/mol. The molecule has 1 aliphatic heterocycles. The number of carbonyl (C=O) groups is 2. The Balaban J connectivity index is 2.25. The van der Waals surface area contributed by atoms with Crippen LogP contribution in [-0.2, 0) is 9.59 Å². The Hall–Kier alpha value is -1.06. The molecule has 4 nitrogen and oxygen atoms in total. The third kappa shape index (κ3) is 2.05. The van der Waals surface area contributed by atoms with Gasteiger partial charge in [0.05, 0.1) is 0 Å². The van der Waals surface area contributed by atoms with Gasteiger partial charge in [-0.1, -0.05) is 27.7 Å². The first-order chi connectivity index (χ1) is 7.97. The molecule has 0 spiro atoms. The van der Waals surface area contributed by atoms with Crippen molar-refractivity contribution in [3.63, 3.8) is 0 Å². The third-order valence-electron chi connectivity index (χ3n) is 3.90. The zero-order valence-corrected chi connectivity index (χ0v) is 11.1. The Labute approximate surface area is 103 Å². The molecule has 0 aromatic rings. The van der Waals surface area contributed by atoms with Crippen molar-refractivity contribution in [1.29, 1.82) is 0 Å². The van der Waals surface area contributed by atoms with Crippen molar-refractivity contribution in [3.05, 3.63) is 0 Å². The summed E-state index contributed by atoms with van der Waals surface area (Å²) in [5.74, 6) is 0.846. The molecule has 2 rings (SSSR count). The van der Waals surface area contributed by atoms with Crippen molar-refractivity contribution in [3.8, 4) is 0 Å². The summed E-state index contributed by atoms with van der Waals surface area (Å²) in [6, 6.07) is -0.305. The first-order valence-corrected chi connectivity index (χ1v) is 6.59. The molecule has 1 aliphatic carbocycles. The molecule has 0 radical (unpaired) electrons. The van der Waals surface area contributed by atoms with Crippen molar-refractivity contribution >= 4 is 11.8 Å². The normalized spacial score (nSPS) is 37.4. The van der Waals surface area contributed by atoms with Crippen LogP contribution in [0.4, 0.5) is 0 Å². The van der Waals surface area contributed by atoms with Crippen molar-refractivity contribution in [2.45, 2.75) is 58.7 Å². The number of nitrogens with zero attached hydrogens (tertiary/aromatic N) is 1. The fraction of sp³-hybridized carbons (Fsp3) is 0.846. The van der Waals surface area contributed by atoms with Crippen LogP contribution in [-0.4, -0.2) is 34.8 Å². The Morgan fingerprint density at radius 3 is 2.41 bits per heavy atom. The van der Waals surface area contributed by atoms with Crippen LogP contribution in [0.3, 0.4) is 0 Å². The molecule has 1 saturated carbocycles. The maximum atomic E-state index is 12.4. The lowest BCUT2D eigenvalue weighted by atomic mass is 9.96. The standard InChI is InChI=1S/C13H22N2O2/c1-5-9-13(17)15(10-6-8(10)4)11(7(2)3)12(16)14-9/h7-11H,5-6H2,1-4H3,(H,14,16). The van der Waals surface area contributed by atoms with Gasteiger partial charge in [-0.15, -0.1) is 0 Å². The van der Waals surface area contributed by atoms with Crippen LogP contribution in [0.25, 0.3) is 0 Å². The van der Waals surface area contributed by atoms with Crippen LogP contribution >= 0.6 is 0 Å². The van der Waals surface area contributed by atoms with Gasteiger partial charge in [-0.05, 0) is 24.7 Å². The highest BCUT2D eigenvalue weighted by molar-refractivity contribution is 5.97. The van der Waals surface area contributed by atoms with E-state index in [1.54, 1.807) is 0 Å². The van der Waals surface area contributed by atoms with Crippen LogP contribution in [0.2, 0.25) is 0 Å². The largest absolute Gasteiger partial charge is 0.343 e. The second-order valence-electron chi connectivity index (χ2n) is 5.68. The number of piperazine rings is 1. The first kappa shape index (κ1) is 12.4. The molecule has 2 aliphatic rings. The highest BCUT2D eigenvalue weighted by Crippen LogP contribution is 2.39. The lowest BCUT2D eigenvalue weighted by Gasteiger charge is -2.41. The van der Waals surface area contributed by atoms with Crippen LogP contribution < -0.4 is 5.32 Å². The molecular weight excluding hydrogens is 216 g/mol. The maximum absolute atomic E-state index is 12.4. The summed E-state index contributed by atoms with van der Waals surface area (Å²) in [7, 11) is 0. The molecule has 4 unspecified atom stereocenters. The minimum absolute atomic E-state index is 0.0190. The maximum Gasteiger partial charge on any atom is 0.246 e. The molecule has 0 bridgehead atoms. The average Bonchev–Trinajstić information content (AvgIpc) is 2.96. The van der Waals surface area contributed by atoms with E-state index in [4.69, 9.17) is 0 Å². The van der Waals surface area contributed by atoms with Gasteiger partial charge in [0.1, 0.15) is 12.1 Å². The van der Waals surface area contributed by atoms with E-state index in [9.17, 15) is 9.59 Å². The predicted octanol–water partition coefficient (Wildman–Crippen LogP) is 1.16. The molecule has 2 fully saturated rings. The van der Waals surface area contributed by atoms with E-state index in [0.717, 1.165) is 6.42 Å². The zero-order valence-electron chi connectivity index (χ0n) is 11.1. The molecular formula is C13H22N2O2. The van der Waals surface area contributed by atoms with E-state index >= 15 is 0 Å². The van der Waals surface area contributed by atoms with Gasteiger partial charge in [-0.25, -0.2) is 0 Å². The highest BCUT2D eigenvalue weighted by atomic mass is 16.2. The van der Waals surface area contributed by atoms with Gasteiger partial charge < -0.3 is 10.2 Å². The second kappa shape index (κ2) is 4.31. The number of hydrogen-bond acceptors (Lipinski definition) is 2. The molecule has 0 aromatic heterocycles. The molecule has 0 aromatic carbocycles. The average molecular weight is 238 g/mol. The summed E-state index contributed by atoms with van der Waals surface area (Å²) in [6.45, 7) is 8.09. The lowest BCUT2D eigenvalue weighted by Crippen LogP contribution is -2.65. The predicted molar refractivity (Wildman–Crippen MR) is 65.3 cm³/mol. The van der Waals surface area contributed by atoms with Crippen molar-refractivity contribution in [2.24, 2.45) is 11.8 Å². The topological polar surface area (TPSA) is 49.4 Å². The van der Waals surface area contributed by atoms with Crippen LogP contribution in [0.5, 0.6) is 0 Å². The molecule has 17 heavy (non-hydrogen) atoms. The van der Waals surface area contributed by atoms with E-state index in [1.165, 1.54) is 0 Å². The second-order valence-corrected chi connectivity index (χ2v) is 5.68. The molecule has 4 heteroatoms. The minimum atomic E-state index is -0.315. The molecule has 4 atom stereocenters. The van der Waals surface area contributed by atoms with Gasteiger partial charge in [0.15, 0.2) is 0 Å². The number of rotatable bonds is 3. The highest BCUT2D eigenvalue weighted by Gasteiger charge is 2.50. The first-order valence-electron chi connectivity index (χ1n) is 6.59. The Bertz CT molecular complexity index is 340. The van der Waals surface area contributed by atoms with E-state index < -0.39 is 0 Å². The molecule has 1 N–H and O–H groups in total. The molecule has 1 saturated heterocycles. The summed E-state index contributed by atoms with van der Waals surface area (Å²) in [4.78, 5) is 26.3. The number of carbonyl (C=O) groups excluding carboxylic acids is 2. The zero-order chi connectivity index (χ0) is 12.7. The van der Waals surface area contributed by atoms with Gasteiger partial charge in [-0.2, -0.15) is 0 Å². The smallest absolute Gasteiger partial charge is 0.246 e. The van der Waals surface area contributed by atoms with Gasteiger partial charge in [0, 0.05) is 6.04 Å². The fourth-order valence-electron chi connectivity index (χ4n) is 2.72. The van der Waals surface area contributed by atoms with Gasteiger partial charge in [-0.3, -0.25) is 9.59 Å². The number of hydrogen-bond donors (Lipinski definition) is 1. The van der Waals surface area contributed by atoms with Crippen LogP contribution in [0, 0.1) is 11.8 Å². The van der Waals surface area contributed by atoms with Crippen molar-refractivity contribution in [2.75, 3.05) is 0 Å². The van der Waals surface area contributed by atoms with Gasteiger partial charge in [0.2, 0.25) is 11.8 Å². The quantitative estimate of drug-likeness (QED) is 0.802. The van der Waals surface area contributed by atoms with Gasteiger partial charge >= 0.3 is 0 Å². The SMILES string of the molecule is CCC1NC(=O)C(C(C)C)N(C2CC2C)C1=O. The number of nitrogens with one attached hydrogen (secondary N) is 1. The summed E-state index contributed by atoms with van der Waals surface area (Å²) in [5.41, 5.74) is 0. The minimum Gasteiger partial charge on any atom is -0.343 e. The lowest BCUT2D eigenvalue weighted by molar-refractivity contribution is -0.152.